The quantitative estimate of drug-likeness (QED) is 0.595. The van der Waals surface area contributed by atoms with Crippen LogP contribution in [-0.2, 0) is 10.2 Å². The summed E-state index contributed by atoms with van der Waals surface area (Å²) in [5, 5.41) is 8.61. The maximum atomic E-state index is 13.3. The van der Waals surface area contributed by atoms with E-state index in [1.54, 1.807) is 12.4 Å². The number of H-pyrrole nitrogens is 1. The minimum atomic E-state index is -4.58. The molecule has 2 N–H and O–H groups in total. The summed E-state index contributed by atoms with van der Waals surface area (Å²) >= 11 is 0. The summed E-state index contributed by atoms with van der Waals surface area (Å²) in [4.78, 5) is 7.37. The normalized spacial score (nSPS) is 27.8. The molecule has 5 rings (SSSR count). The molecule has 4 heterocycles. The van der Waals surface area contributed by atoms with E-state index >= 15 is 0 Å². The highest BCUT2D eigenvalue weighted by Gasteiger charge is 2.51. The van der Waals surface area contributed by atoms with Crippen LogP contribution in [0.5, 0.6) is 0 Å². The molecule has 4 atom stereocenters. The number of hydrogen-bond donors (Lipinski definition) is 2. The molecule has 0 aromatic carbocycles. The Morgan fingerprint density at radius 2 is 2.09 bits per heavy atom. The maximum absolute atomic E-state index is 13.3. The number of aromatic amines is 1. The Morgan fingerprint density at radius 3 is 2.84 bits per heavy atom. The second-order valence-electron chi connectivity index (χ2n) is 8.60. The first-order chi connectivity index (χ1) is 15.2. The van der Waals surface area contributed by atoms with Gasteiger partial charge in [0.15, 0.2) is 11.3 Å². The molecule has 3 aromatic heterocycles. The third-order valence-electron chi connectivity index (χ3n) is 6.72. The summed E-state index contributed by atoms with van der Waals surface area (Å²) in [6, 6.07) is -0.558. The molecule has 0 bridgehead atoms. The highest BCUT2D eigenvalue weighted by atomic mass is 32.2. The predicted molar refractivity (Wildman–Crippen MR) is 110 cm³/mol. The largest absolute Gasteiger partial charge is 0.405 e. The lowest BCUT2D eigenvalue weighted by Crippen LogP contribution is -2.51. The van der Waals surface area contributed by atoms with Crippen LogP contribution in [0.4, 0.5) is 13.2 Å². The van der Waals surface area contributed by atoms with E-state index in [4.69, 9.17) is 0 Å². The van der Waals surface area contributed by atoms with Crippen LogP contribution >= 0.6 is 0 Å². The molecular formula is C19H24F3N7O2S. The average Bonchev–Trinajstić information content (AvgIpc) is 3.49. The van der Waals surface area contributed by atoms with Crippen LogP contribution in [0.25, 0.3) is 16.8 Å². The van der Waals surface area contributed by atoms with Gasteiger partial charge in [-0.1, -0.05) is 13.3 Å². The number of halogens is 3. The van der Waals surface area contributed by atoms with E-state index in [1.807, 2.05) is 17.4 Å². The monoisotopic (exact) mass is 471 g/mol. The molecule has 1 saturated heterocycles. The molecule has 0 spiro atoms. The Kier molecular flexibility index (Phi) is 5.17. The molecule has 9 nitrogen and oxygen atoms in total. The SMILES string of the molecule is CCC1C[C@H](NS(=O)(=O)N2CCC[C@H]2C(F)(F)F)C[C@@H]1c1nnc2cnc3[nH]ccc3n12. The molecule has 1 saturated carbocycles. The lowest BCUT2D eigenvalue weighted by atomic mass is 9.93. The Labute approximate surface area is 182 Å². The summed E-state index contributed by atoms with van der Waals surface area (Å²) in [6.07, 6.45) is 0.565. The number of nitrogens with one attached hydrogen (secondary N) is 2. The average molecular weight is 472 g/mol. The molecule has 0 amide bonds. The van der Waals surface area contributed by atoms with E-state index in [0.717, 1.165) is 17.8 Å². The van der Waals surface area contributed by atoms with Crippen molar-refractivity contribution in [3.05, 3.63) is 24.3 Å². The van der Waals surface area contributed by atoms with Crippen molar-refractivity contribution in [2.75, 3.05) is 6.54 Å². The number of aromatic nitrogens is 5. The lowest BCUT2D eigenvalue weighted by Gasteiger charge is -2.27. The second kappa shape index (κ2) is 7.66. The summed E-state index contributed by atoms with van der Waals surface area (Å²) in [6.45, 7) is 1.89. The zero-order chi connectivity index (χ0) is 22.7. The van der Waals surface area contributed by atoms with Gasteiger partial charge in [0, 0.05) is 24.7 Å². The molecular weight excluding hydrogens is 447 g/mol. The van der Waals surface area contributed by atoms with Gasteiger partial charge in [0.05, 0.1) is 11.7 Å². The third-order valence-corrected chi connectivity index (χ3v) is 8.41. The number of hydrogen-bond acceptors (Lipinski definition) is 5. The highest BCUT2D eigenvalue weighted by Crippen LogP contribution is 2.42. The first-order valence-corrected chi connectivity index (χ1v) is 12.2. The number of fused-ring (bicyclic) bond motifs is 3. The molecule has 13 heteroatoms. The van der Waals surface area contributed by atoms with E-state index in [0.29, 0.717) is 28.4 Å². The Bertz CT molecular complexity index is 1240. The molecule has 1 aliphatic heterocycles. The van der Waals surface area contributed by atoms with Gasteiger partial charge in [-0.2, -0.15) is 30.6 Å². The van der Waals surface area contributed by atoms with Crippen molar-refractivity contribution in [3.63, 3.8) is 0 Å². The van der Waals surface area contributed by atoms with Crippen molar-refractivity contribution in [3.8, 4) is 0 Å². The summed E-state index contributed by atoms with van der Waals surface area (Å²) in [7, 11) is -4.26. The van der Waals surface area contributed by atoms with Crippen LogP contribution in [-0.4, -0.2) is 62.1 Å². The molecule has 32 heavy (non-hydrogen) atoms. The van der Waals surface area contributed by atoms with Crippen molar-refractivity contribution in [1.29, 1.82) is 0 Å². The number of alkyl halides is 3. The molecule has 2 aliphatic rings. The van der Waals surface area contributed by atoms with E-state index < -0.39 is 28.5 Å². The van der Waals surface area contributed by atoms with Crippen LogP contribution in [0, 0.1) is 5.92 Å². The zero-order valence-corrected chi connectivity index (χ0v) is 18.2. The van der Waals surface area contributed by atoms with Gasteiger partial charge >= 0.3 is 6.18 Å². The molecule has 174 valence electrons. The molecule has 0 radical (unpaired) electrons. The Balaban J connectivity index is 1.41. The first kappa shape index (κ1) is 21.6. The van der Waals surface area contributed by atoms with Crippen LogP contribution < -0.4 is 4.72 Å². The topological polar surface area (TPSA) is 108 Å². The van der Waals surface area contributed by atoms with Gasteiger partial charge in [0.1, 0.15) is 11.9 Å². The van der Waals surface area contributed by atoms with Crippen molar-refractivity contribution in [2.24, 2.45) is 5.92 Å². The van der Waals surface area contributed by atoms with Crippen LogP contribution in [0.3, 0.4) is 0 Å². The Hall–Kier alpha value is -2.25. The van der Waals surface area contributed by atoms with E-state index in [9.17, 15) is 21.6 Å². The van der Waals surface area contributed by atoms with Gasteiger partial charge in [0.25, 0.3) is 10.2 Å². The van der Waals surface area contributed by atoms with Gasteiger partial charge in [-0.05, 0) is 37.7 Å². The van der Waals surface area contributed by atoms with Crippen molar-refractivity contribution >= 4 is 27.0 Å². The fourth-order valence-corrected chi connectivity index (χ4v) is 6.94. The van der Waals surface area contributed by atoms with E-state index in [-0.39, 0.29) is 31.2 Å². The fourth-order valence-electron chi connectivity index (χ4n) is 5.26. The lowest BCUT2D eigenvalue weighted by molar-refractivity contribution is -0.165. The van der Waals surface area contributed by atoms with Crippen LogP contribution in [0.1, 0.15) is 50.8 Å². The number of nitrogens with zero attached hydrogens (tertiary/aromatic N) is 5. The minimum Gasteiger partial charge on any atom is -0.345 e. The van der Waals surface area contributed by atoms with Gasteiger partial charge in [-0.25, -0.2) is 4.98 Å². The second-order valence-corrected chi connectivity index (χ2v) is 10.3. The fraction of sp³-hybridized carbons (Fsp3) is 0.632. The van der Waals surface area contributed by atoms with Gasteiger partial charge in [-0.3, -0.25) is 4.40 Å². The standard InChI is InChI=1S/C19H24F3N7O2S/c1-2-11-8-12(27-32(30,31)28-7-3-4-15(28)19(20,21)22)9-13(11)18-26-25-16-10-24-17-14(29(16)18)5-6-23-17/h5-6,10-13,15,23,27H,2-4,7-9H2,1H3/t11?,12-,13-,15-/m0/s1. The molecule has 2 fully saturated rings. The molecule has 1 aliphatic carbocycles. The summed E-state index contributed by atoms with van der Waals surface area (Å²) in [5.74, 6) is 0.754. The highest BCUT2D eigenvalue weighted by molar-refractivity contribution is 7.87. The molecule has 1 unspecified atom stereocenters. The van der Waals surface area contributed by atoms with Gasteiger partial charge < -0.3 is 4.98 Å². The summed E-state index contributed by atoms with van der Waals surface area (Å²) in [5.41, 5.74) is 2.11. The van der Waals surface area contributed by atoms with Crippen molar-refractivity contribution in [2.45, 2.75) is 63.2 Å². The van der Waals surface area contributed by atoms with E-state index in [1.165, 1.54) is 0 Å². The molecule has 3 aromatic rings. The Morgan fingerprint density at radius 1 is 1.28 bits per heavy atom. The van der Waals surface area contributed by atoms with Crippen LogP contribution in [0.15, 0.2) is 18.5 Å². The first-order valence-electron chi connectivity index (χ1n) is 10.7. The predicted octanol–water partition coefficient (Wildman–Crippen LogP) is 2.74. The van der Waals surface area contributed by atoms with Crippen molar-refractivity contribution in [1.82, 2.24) is 33.6 Å². The maximum Gasteiger partial charge on any atom is 0.405 e. The van der Waals surface area contributed by atoms with Crippen molar-refractivity contribution < 1.29 is 21.6 Å². The third kappa shape index (κ3) is 3.55. The minimum absolute atomic E-state index is 0.0832. The van der Waals surface area contributed by atoms with Crippen LogP contribution in [0.2, 0.25) is 0 Å². The number of rotatable bonds is 5. The van der Waals surface area contributed by atoms with E-state index in [2.05, 4.69) is 24.9 Å². The van der Waals surface area contributed by atoms with Gasteiger partial charge in [-0.15, -0.1) is 10.2 Å². The summed E-state index contributed by atoms with van der Waals surface area (Å²) < 4.78 is 70.7. The van der Waals surface area contributed by atoms with Gasteiger partial charge in [0.2, 0.25) is 0 Å². The smallest absolute Gasteiger partial charge is 0.345 e. The zero-order valence-electron chi connectivity index (χ0n) is 17.4.